The summed E-state index contributed by atoms with van der Waals surface area (Å²) in [7, 11) is 0. The Bertz CT molecular complexity index is 982. The highest BCUT2D eigenvalue weighted by molar-refractivity contribution is 9.12. The van der Waals surface area contributed by atoms with Gasteiger partial charge in [-0.1, -0.05) is 37.9 Å². The average Bonchev–Trinajstić information content (AvgIpc) is 2.77. The van der Waals surface area contributed by atoms with E-state index in [1.165, 1.54) is 6.34 Å². The third-order valence-electron chi connectivity index (χ3n) is 4.48. The Balaban J connectivity index is 1.97. The molecule has 6 N–H and O–H groups in total. The van der Waals surface area contributed by atoms with E-state index in [4.69, 9.17) is 10.6 Å². The quantitative estimate of drug-likeness (QED) is 0.0531. The van der Waals surface area contributed by atoms with Crippen molar-refractivity contribution < 1.29 is 24.2 Å². The number of esters is 1. The van der Waals surface area contributed by atoms with Crippen LogP contribution in [0.4, 0.5) is 5.69 Å². The van der Waals surface area contributed by atoms with Gasteiger partial charge in [-0.25, -0.2) is 10.8 Å². The molecule has 2 amide bonds. The lowest BCUT2D eigenvalue weighted by atomic mass is 9.93. The fraction of sp³-hybridized carbons (Fsp3) is 0.333. The molecule has 0 aromatic heterocycles. The lowest BCUT2D eigenvalue weighted by Crippen LogP contribution is -2.54. The van der Waals surface area contributed by atoms with Gasteiger partial charge in [-0.2, -0.15) is 0 Å². The fourth-order valence-corrected chi connectivity index (χ4v) is 4.72. The van der Waals surface area contributed by atoms with Gasteiger partial charge in [0.05, 0.1) is 18.8 Å². The molecule has 1 aliphatic rings. The van der Waals surface area contributed by atoms with Crippen LogP contribution >= 0.6 is 31.9 Å². The highest BCUT2D eigenvalue weighted by Gasteiger charge is 2.39. The number of hydrogen-bond donors (Lipinski definition) is 5. The molecule has 33 heavy (non-hydrogen) atoms. The molecule has 2 rings (SSSR count). The smallest absolute Gasteiger partial charge is 0.306 e. The van der Waals surface area contributed by atoms with E-state index in [1.54, 1.807) is 43.3 Å². The van der Waals surface area contributed by atoms with Crippen LogP contribution in [0.25, 0.3) is 0 Å². The first-order valence-electron chi connectivity index (χ1n) is 9.98. The van der Waals surface area contributed by atoms with Crippen LogP contribution in [0.5, 0.6) is 0 Å². The Morgan fingerprint density at radius 3 is 2.82 bits per heavy atom. The van der Waals surface area contributed by atoms with E-state index in [9.17, 15) is 19.5 Å². The van der Waals surface area contributed by atoms with Crippen molar-refractivity contribution in [2.45, 2.75) is 30.3 Å². The zero-order valence-electron chi connectivity index (χ0n) is 17.8. The largest absolute Gasteiger partial charge is 0.466 e. The van der Waals surface area contributed by atoms with Crippen molar-refractivity contribution in [1.82, 2.24) is 16.1 Å². The summed E-state index contributed by atoms with van der Waals surface area (Å²) in [6, 6.07) is 6.46. The summed E-state index contributed by atoms with van der Waals surface area (Å²) in [5, 5.41) is 16.0. The van der Waals surface area contributed by atoms with Gasteiger partial charge < -0.3 is 25.9 Å². The Morgan fingerprint density at radius 1 is 1.36 bits per heavy atom. The second-order valence-corrected chi connectivity index (χ2v) is 9.16. The number of ether oxygens (including phenoxy) is 1. The number of carbonyl (C=O) groups excluding carboxylic acids is 3. The van der Waals surface area contributed by atoms with Crippen molar-refractivity contribution in [3.8, 4) is 0 Å². The second kappa shape index (κ2) is 12.6. The van der Waals surface area contributed by atoms with E-state index in [2.05, 4.69) is 52.9 Å². The molecule has 1 aromatic carbocycles. The first kappa shape index (κ1) is 26.7. The monoisotopic (exact) mass is 585 g/mol. The minimum atomic E-state index is -1.32. The number of nitrogens with one attached hydrogen (secondary N) is 3. The van der Waals surface area contributed by atoms with Crippen molar-refractivity contribution in [3.63, 3.8) is 0 Å². The number of hydrazine groups is 1. The number of amides is 2. The van der Waals surface area contributed by atoms with Crippen molar-refractivity contribution in [2.75, 3.05) is 13.2 Å². The molecule has 2 atom stereocenters. The van der Waals surface area contributed by atoms with Crippen LogP contribution in [-0.4, -0.2) is 52.9 Å². The Morgan fingerprint density at radius 2 is 2.12 bits per heavy atom. The number of rotatable bonds is 10. The number of carbonyl (C=O) groups is 3. The van der Waals surface area contributed by atoms with Crippen molar-refractivity contribution in [3.05, 3.63) is 52.0 Å². The van der Waals surface area contributed by atoms with Gasteiger partial charge in [-0.05, 0) is 49.3 Å². The normalized spacial score (nSPS) is 20.0. The first-order chi connectivity index (χ1) is 15.7. The van der Waals surface area contributed by atoms with Gasteiger partial charge in [0.15, 0.2) is 0 Å². The summed E-state index contributed by atoms with van der Waals surface area (Å²) in [6.45, 7) is 1.66. The maximum atomic E-state index is 12.5. The van der Waals surface area contributed by atoms with Gasteiger partial charge in [-0.3, -0.25) is 14.4 Å². The second-order valence-electron chi connectivity index (χ2n) is 6.93. The molecule has 0 aliphatic heterocycles. The molecule has 0 bridgehead atoms. The van der Waals surface area contributed by atoms with E-state index >= 15 is 0 Å². The highest BCUT2D eigenvalue weighted by atomic mass is 79.9. The molecular formula is C21H25Br2N5O5. The number of aliphatic hydroxyl groups excluding tert-OH is 1. The van der Waals surface area contributed by atoms with Crippen LogP contribution in [-0.2, 0) is 14.3 Å². The van der Waals surface area contributed by atoms with Crippen LogP contribution in [0.1, 0.15) is 30.1 Å². The molecule has 178 valence electrons. The van der Waals surface area contributed by atoms with Crippen molar-refractivity contribution in [1.29, 1.82) is 0 Å². The van der Waals surface area contributed by atoms with Gasteiger partial charge in [0, 0.05) is 16.5 Å². The molecule has 10 nitrogen and oxygen atoms in total. The molecular weight excluding hydrogens is 562 g/mol. The molecule has 0 spiro atoms. The highest BCUT2D eigenvalue weighted by Crippen LogP contribution is 2.36. The average molecular weight is 587 g/mol. The number of nitrogens with two attached hydrogens (primary N) is 1. The minimum Gasteiger partial charge on any atom is -0.466 e. The first-order valence-corrected chi connectivity index (χ1v) is 11.6. The lowest BCUT2D eigenvalue weighted by Gasteiger charge is -2.35. The number of nitrogens with zero attached hydrogens (tertiary/aromatic N) is 1. The number of benzene rings is 1. The SMILES string of the molecule is CCOC(=O)CCC1=CC(Br)=CC(Br)(NC(=O)CNC(=O)c2cccc(N=CNN)c2)C1O. The van der Waals surface area contributed by atoms with Crippen LogP contribution in [0, 0.1) is 0 Å². The molecule has 0 saturated heterocycles. The Kier molecular flexibility index (Phi) is 10.2. The number of aliphatic imine (C=N–C) groups is 1. The van der Waals surface area contributed by atoms with Crippen LogP contribution in [0.2, 0.25) is 0 Å². The van der Waals surface area contributed by atoms with E-state index in [1.807, 2.05) is 0 Å². The van der Waals surface area contributed by atoms with Gasteiger partial charge >= 0.3 is 5.97 Å². The number of hydrogen-bond acceptors (Lipinski definition) is 7. The van der Waals surface area contributed by atoms with Crippen LogP contribution in [0.15, 0.2) is 51.5 Å². The molecule has 2 unspecified atom stereocenters. The van der Waals surface area contributed by atoms with Crippen molar-refractivity contribution in [2.24, 2.45) is 10.8 Å². The van der Waals surface area contributed by atoms with Gasteiger partial charge in [0.1, 0.15) is 16.9 Å². The number of alkyl halides is 1. The van der Waals surface area contributed by atoms with Crippen molar-refractivity contribution >= 4 is 61.7 Å². The molecule has 0 heterocycles. The van der Waals surface area contributed by atoms with E-state index < -0.39 is 22.4 Å². The van der Waals surface area contributed by atoms with E-state index in [0.29, 0.717) is 21.3 Å². The van der Waals surface area contributed by atoms with Gasteiger partial charge in [0.25, 0.3) is 5.91 Å². The molecule has 0 saturated carbocycles. The third-order valence-corrected chi connectivity index (χ3v) is 5.80. The number of allylic oxidation sites excluding steroid dienone is 2. The number of aliphatic hydroxyl groups is 1. The Labute approximate surface area is 208 Å². The Hall–Kier alpha value is -2.54. The summed E-state index contributed by atoms with van der Waals surface area (Å²) in [6.07, 6.45) is 3.75. The minimum absolute atomic E-state index is 0.0918. The summed E-state index contributed by atoms with van der Waals surface area (Å²) in [5.41, 5.74) is 3.62. The van der Waals surface area contributed by atoms with E-state index in [-0.39, 0.29) is 32.0 Å². The topological polar surface area (TPSA) is 155 Å². The van der Waals surface area contributed by atoms with Gasteiger partial charge in [0.2, 0.25) is 5.91 Å². The van der Waals surface area contributed by atoms with Crippen LogP contribution in [0.3, 0.4) is 0 Å². The molecule has 1 aromatic rings. The fourth-order valence-electron chi connectivity index (χ4n) is 3.00. The predicted octanol–water partition coefficient (Wildman–Crippen LogP) is 1.67. The van der Waals surface area contributed by atoms with Crippen LogP contribution < -0.4 is 21.9 Å². The van der Waals surface area contributed by atoms with E-state index in [0.717, 1.165) is 0 Å². The maximum Gasteiger partial charge on any atom is 0.306 e. The maximum absolute atomic E-state index is 12.5. The zero-order chi connectivity index (χ0) is 24.4. The third kappa shape index (κ3) is 8.07. The standard InChI is InChI=1S/C21H25Br2N5O5/c1-2-33-18(30)7-6-13-8-15(22)10-21(23,19(13)31)28-17(29)11-25-20(32)14-4-3-5-16(9-14)26-12-27-24/h3-5,8-10,12,19,31H,2,6-7,11,24H2,1H3,(H,25,32)(H,26,27)(H,28,29). The zero-order valence-corrected chi connectivity index (χ0v) is 21.0. The summed E-state index contributed by atoms with van der Waals surface area (Å²) in [4.78, 5) is 40.6. The lowest BCUT2D eigenvalue weighted by molar-refractivity contribution is -0.143. The molecule has 12 heteroatoms. The summed E-state index contributed by atoms with van der Waals surface area (Å²) < 4.78 is 4.20. The molecule has 1 aliphatic carbocycles. The number of halogens is 2. The summed E-state index contributed by atoms with van der Waals surface area (Å²) in [5.74, 6) is 3.75. The van der Waals surface area contributed by atoms with Gasteiger partial charge in [-0.15, -0.1) is 0 Å². The predicted molar refractivity (Wildman–Crippen MR) is 131 cm³/mol. The molecule has 0 radical (unpaired) electrons. The molecule has 0 fully saturated rings. The summed E-state index contributed by atoms with van der Waals surface area (Å²) >= 11 is 6.74.